The number of rotatable bonds is 9. The average molecular weight is 419 g/mol. The lowest BCUT2D eigenvalue weighted by atomic mass is 9.94. The molecule has 1 saturated heterocycles. The molecular weight excluding hydrogens is 380 g/mol. The molecule has 2 heterocycles. The molecule has 3 rings (SSSR count). The number of ether oxygens (including phenoxy) is 2. The van der Waals surface area contributed by atoms with Crippen LogP contribution in [-0.2, 0) is 17.7 Å². The minimum atomic E-state index is 0.236. The molecule has 0 aliphatic carbocycles. The first-order valence-electron chi connectivity index (χ1n) is 11.2. The summed E-state index contributed by atoms with van der Waals surface area (Å²) in [6.45, 7) is 11.6. The van der Waals surface area contributed by atoms with Crippen molar-refractivity contribution in [3.8, 4) is 5.75 Å². The van der Waals surface area contributed by atoms with Crippen molar-refractivity contribution >= 4 is 11.9 Å². The Bertz CT molecular complexity index is 669. The van der Waals surface area contributed by atoms with E-state index in [1.54, 1.807) is 0 Å². The van der Waals surface area contributed by atoms with E-state index in [1.807, 2.05) is 11.9 Å². The van der Waals surface area contributed by atoms with Gasteiger partial charge in [-0.05, 0) is 87.5 Å². The SMILES string of the molecule is CC/C=C(/OC(C)C)N1CCC(CCOc2ccc3c(c2)CCN(SC)C3)CC1. The molecule has 0 spiro atoms. The van der Waals surface area contributed by atoms with Crippen LogP contribution in [0.4, 0.5) is 0 Å². The maximum atomic E-state index is 6.13. The average Bonchev–Trinajstić information content (AvgIpc) is 2.73. The summed E-state index contributed by atoms with van der Waals surface area (Å²) in [7, 11) is 0. The highest BCUT2D eigenvalue weighted by atomic mass is 32.2. The summed E-state index contributed by atoms with van der Waals surface area (Å²) in [5.74, 6) is 2.87. The molecule has 5 heteroatoms. The minimum absolute atomic E-state index is 0.236. The molecule has 4 nitrogen and oxygen atoms in total. The molecule has 1 aromatic rings. The third-order valence-corrected chi connectivity index (χ3v) is 6.70. The Kier molecular flexibility index (Phi) is 8.61. The number of likely N-dealkylation sites (tertiary alicyclic amines) is 1. The largest absolute Gasteiger partial charge is 0.494 e. The van der Waals surface area contributed by atoms with E-state index in [0.717, 1.165) is 69.6 Å². The van der Waals surface area contributed by atoms with E-state index in [-0.39, 0.29) is 6.10 Å². The molecule has 0 radical (unpaired) electrons. The summed E-state index contributed by atoms with van der Waals surface area (Å²) in [5, 5.41) is 0. The maximum Gasteiger partial charge on any atom is 0.185 e. The molecule has 0 bridgehead atoms. The fraction of sp³-hybridized carbons (Fsp3) is 0.667. The molecule has 162 valence electrons. The van der Waals surface area contributed by atoms with Gasteiger partial charge >= 0.3 is 0 Å². The highest BCUT2D eigenvalue weighted by Gasteiger charge is 2.22. The van der Waals surface area contributed by atoms with Gasteiger partial charge in [0.25, 0.3) is 0 Å². The summed E-state index contributed by atoms with van der Waals surface area (Å²) in [6, 6.07) is 6.67. The van der Waals surface area contributed by atoms with E-state index >= 15 is 0 Å². The van der Waals surface area contributed by atoms with Crippen molar-refractivity contribution in [1.82, 2.24) is 9.21 Å². The highest BCUT2D eigenvalue weighted by Crippen LogP contribution is 2.28. The molecule has 1 aromatic carbocycles. The first-order chi connectivity index (χ1) is 14.1. The lowest BCUT2D eigenvalue weighted by Gasteiger charge is -2.35. The smallest absolute Gasteiger partial charge is 0.185 e. The quantitative estimate of drug-likeness (QED) is 0.391. The summed E-state index contributed by atoms with van der Waals surface area (Å²) in [5.41, 5.74) is 2.91. The summed E-state index contributed by atoms with van der Waals surface area (Å²) >= 11 is 1.84. The van der Waals surface area contributed by atoms with Crippen molar-refractivity contribution in [2.45, 2.75) is 65.5 Å². The van der Waals surface area contributed by atoms with E-state index < -0.39 is 0 Å². The van der Waals surface area contributed by atoms with Crippen LogP contribution in [0.1, 0.15) is 57.6 Å². The first kappa shape index (κ1) is 22.4. The van der Waals surface area contributed by atoms with Gasteiger partial charge in [0.1, 0.15) is 5.75 Å². The molecule has 29 heavy (non-hydrogen) atoms. The molecular formula is C24H38N2O2S. The minimum Gasteiger partial charge on any atom is -0.494 e. The molecule has 1 fully saturated rings. The first-order valence-corrected chi connectivity index (χ1v) is 12.4. The monoisotopic (exact) mass is 418 g/mol. The van der Waals surface area contributed by atoms with Gasteiger partial charge < -0.3 is 14.4 Å². The Morgan fingerprint density at radius 3 is 2.69 bits per heavy atom. The number of hydrogen-bond acceptors (Lipinski definition) is 5. The Morgan fingerprint density at radius 2 is 2.00 bits per heavy atom. The van der Waals surface area contributed by atoms with Gasteiger partial charge in [0, 0.05) is 26.2 Å². The van der Waals surface area contributed by atoms with Crippen molar-refractivity contribution in [2.75, 3.05) is 32.5 Å². The van der Waals surface area contributed by atoms with Gasteiger partial charge in [0.15, 0.2) is 5.88 Å². The third kappa shape index (κ3) is 6.58. The van der Waals surface area contributed by atoms with E-state index in [0.29, 0.717) is 0 Å². The molecule has 2 aliphatic heterocycles. The normalized spacial score (nSPS) is 18.8. The van der Waals surface area contributed by atoms with Crippen LogP contribution in [0.15, 0.2) is 30.2 Å². The van der Waals surface area contributed by atoms with E-state index in [2.05, 4.69) is 60.5 Å². The van der Waals surface area contributed by atoms with Crippen LogP contribution in [0, 0.1) is 5.92 Å². The van der Waals surface area contributed by atoms with Crippen LogP contribution in [0.3, 0.4) is 0 Å². The number of fused-ring (bicyclic) bond motifs is 1. The summed E-state index contributed by atoms with van der Waals surface area (Å²) in [6.07, 6.45) is 10.3. The van der Waals surface area contributed by atoms with Crippen LogP contribution in [0.25, 0.3) is 0 Å². The molecule has 0 N–H and O–H groups in total. The van der Waals surface area contributed by atoms with Gasteiger partial charge in [0.2, 0.25) is 0 Å². The van der Waals surface area contributed by atoms with Gasteiger partial charge in [-0.1, -0.05) is 24.9 Å². The molecule has 0 unspecified atom stereocenters. The van der Waals surface area contributed by atoms with Gasteiger partial charge in [-0.25, -0.2) is 4.31 Å². The van der Waals surface area contributed by atoms with Gasteiger partial charge in [-0.3, -0.25) is 0 Å². The lowest BCUT2D eigenvalue weighted by molar-refractivity contribution is 0.0507. The summed E-state index contributed by atoms with van der Waals surface area (Å²) < 4.78 is 14.6. The number of hydrogen-bond donors (Lipinski definition) is 0. The standard InChI is InChI=1S/C24H38N2O2S/c1-5-6-24(28-19(2)3)25-13-9-20(10-14-25)12-16-27-23-8-7-22-18-26(29-4)15-11-21(22)17-23/h6-8,17,19-20H,5,9-16,18H2,1-4H3/b24-6+. The summed E-state index contributed by atoms with van der Waals surface area (Å²) in [4.78, 5) is 2.42. The Hall–Kier alpha value is -1.33. The van der Waals surface area contributed by atoms with Crippen molar-refractivity contribution in [3.05, 3.63) is 41.3 Å². The molecule has 0 aromatic heterocycles. The lowest BCUT2D eigenvalue weighted by Crippen LogP contribution is -2.35. The van der Waals surface area contributed by atoms with Gasteiger partial charge in [0.05, 0.1) is 12.7 Å². The van der Waals surface area contributed by atoms with Crippen LogP contribution in [0.2, 0.25) is 0 Å². The van der Waals surface area contributed by atoms with Crippen LogP contribution in [0.5, 0.6) is 5.75 Å². The van der Waals surface area contributed by atoms with E-state index in [9.17, 15) is 0 Å². The molecule has 0 amide bonds. The highest BCUT2D eigenvalue weighted by molar-refractivity contribution is 7.96. The zero-order valence-electron chi connectivity index (χ0n) is 18.7. The number of allylic oxidation sites excluding steroid dienone is 1. The van der Waals surface area contributed by atoms with Gasteiger partial charge in [-0.15, -0.1) is 0 Å². The zero-order valence-corrected chi connectivity index (χ0v) is 19.5. The second-order valence-corrected chi connectivity index (χ2v) is 9.29. The van der Waals surface area contributed by atoms with E-state index in [1.165, 1.54) is 24.0 Å². The Labute approximate surface area is 181 Å². The van der Waals surface area contributed by atoms with Gasteiger partial charge in [-0.2, -0.15) is 0 Å². The van der Waals surface area contributed by atoms with Crippen molar-refractivity contribution < 1.29 is 9.47 Å². The number of nitrogens with zero attached hydrogens (tertiary/aromatic N) is 2. The van der Waals surface area contributed by atoms with Crippen LogP contribution in [-0.4, -0.2) is 47.8 Å². The second kappa shape index (κ2) is 11.2. The number of benzene rings is 1. The fourth-order valence-corrected chi connectivity index (χ4v) is 4.74. The Morgan fingerprint density at radius 1 is 1.21 bits per heavy atom. The third-order valence-electron chi connectivity index (χ3n) is 5.87. The van der Waals surface area contributed by atoms with Crippen molar-refractivity contribution in [2.24, 2.45) is 5.92 Å². The second-order valence-electron chi connectivity index (χ2n) is 8.41. The van der Waals surface area contributed by atoms with E-state index in [4.69, 9.17) is 9.47 Å². The molecule has 0 saturated carbocycles. The van der Waals surface area contributed by atoms with Crippen LogP contribution < -0.4 is 4.74 Å². The molecule has 2 aliphatic rings. The predicted molar refractivity (Wildman–Crippen MR) is 123 cm³/mol. The topological polar surface area (TPSA) is 24.9 Å². The fourth-order valence-electron chi connectivity index (χ4n) is 4.20. The van der Waals surface area contributed by atoms with Crippen molar-refractivity contribution in [3.63, 3.8) is 0 Å². The predicted octanol–water partition coefficient (Wildman–Crippen LogP) is 5.48. The Balaban J connectivity index is 1.41. The molecule has 0 atom stereocenters. The van der Waals surface area contributed by atoms with Crippen LogP contribution >= 0.6 is 11.9 Å². The van der Waals surface area contributed by atoms with Crippen molar-refractivity contribution in [1.29, 1.82) is 0 Å². The zero-order chi connectivity index (χ0) is 20.6. The number of piperidine rings is 1. The maximum absolute atomic E-state index is 6.13.